The summed E-state index contributed by atoms with van der Waals surface area (Å²) in [4.78, 5) is 14.0. The van der Waals surface area contributed by atoms with Crippen molar-refractivity contribution in [1.29, 1.82) is 0 Å². The van der Waals surface area contributed by atoms with Gasteiger partial charge in [-0.1, -0.05) is 19.9 Å². The normalized spacial score (nSPS) is 11.3. The van der Waals surface area contributed by atoms with Gasteiger partial charge >= 0.3 is 6.61 Å². The summed E-state index contributed by atoms with van der Waals surface area (Å²) in [6.07, 6.45) is 2.98. The second-order valence-corrected chi connectivity index (χ2v) is 4.94. The van der Waals surface area contributed by atoms with Crippen LogP contribution >= 0.6 is 0 Å². The molecule has 0 saturated carbocycles. The Hall–Kier alpha value is -2.15. The van der Waals surface area contributed by atoms with Gasteiger partial charge in [0.25, 0.3) is 0 Å². The molecule has 1 aromatic rings. The Morgan fingerprint density at radius 3 is 2.58 bits per heavy atom. The average Bonchev–Trinajstić information content (AvgIpc) is 2.57. The first kappa shape index (κ1) is 19.9. The van der Waals surface area contributed by atoms with Crippen LogP contribution in [0, 0.1) is 0 Å². The van der Waals surface area contributed by atoms with Gasteiger partial charge in [-0.2, -0.15) is 8.78 Å². The largest absolute Gasteiger partial charge is 0.493 e. The molecule has 0 fully saturated rings. The minimum Gasteiger partial charge on any atom is -0.493 e. The van der Waals surface area contributed by atoms with Crippen molar-refractivity contribution in [3.63, 3.8) is 0 Å². The molecule has 1 aromatic carbocycles. The van der Waals surface area contributed by atoms with E-state index in [0.717, 1.165) is 19.6 Å². The van der Waals surface area contributed by atoms with Crippen LogP contribution in [0.2, 0.25) is 0 Å². The maximum absolute atomic E-state index is 12.3. The number of nitrogens with one attached hydrogen (secondary N) is 1. The Kier molecular flexibility index (Phi) is 8.78. The first-order chi connectivity index (χ1) is 11.5. The predicted octanol–water partition coefficient (Wildman–Crippen LogP) is 2.77. The number of carbonyl (C=O) groups excluding carboxylic acids is 1. The molecule has 0 atom stereocenters. The number of amides is 1. The van der Waals surface area contributed by atoms with Gasteiger partial charge in [-0.05, 0) is 36.9 Å². The van der Waals surface area contributed by atoms with Gasteiger partial charge in [0.05, 0.1) is 7.11 Å². The molecule has 0 aliphatic rings. The van der Waals surface area contributed by atoms with E-state index >= 15 is 0 Å². The van der Waals surface area contributed by atoms with E-state index in [9.17, 15) is 13.6 Å². The zero-order valence-corrected chi connectivity index (χ0v) is 14.2. The summed E-state index contributed by atoms with van der Waals surface area (Å²) in [5.74, 6) is -0.0817. The molecule has 0 aromatic heterocycles. The molecule has 0 radical (unpaired) electrons. The van der Waals surface area contributed by atoms with Crippen LogP contribution in [0.15, 0.2) is 24.3 Å². The number of benzene rings is 1. The standard InChI is InChI=1S/C17H24F2N2O3/c1-4-21(5-2)11-10-20-16(22)9-7-13-6-8-14(24-17(18)19)15(12-13)23-3/h6-9,12,17H,4-5,10-11H2,1-3H3,(H,20,22)/b9-7-. The van der Waals surface area contributed by atoms with E-state index in [0.29, 0.717) is 12.1 Å². The van der Waals surface area contributed by atoms with Gasteiger partial charge in [-0.3, -0.25) is 4.79 Å². The molecule has 1 amide bonds. The lowest BCUT2D eigenvalue weighted by molar-refractivity contribution is -0.116. The van der Waals surface area contributed by atoms with E-state index in [1.165, 1.54) is 25.3 Å². The van der Waals surface area contributed by atoms with Gasteiger partial charge in [0, 0.05) is 19.2 Å². The van der Waals surface area contributed by atoms with Gasteiger partial charge in [0.2, 0.25) is 5.91 Å². The van der Waals surface area contributed by atoms with Crippen LogP contribution in [-0.4, -0.2) is 50.7 Å². The minimum atomic E-state index is -2.92. The maximum Gasteiger partial charge on any atom is 0.387 e. The van der Waals surface area contributed by atoms with Gasteiger partial charge in [0.15, 0.2) is 11.5 Å². The molecule has 0 bridgehead atoms. The van der Waals surface area contributed by atoms with Crippen LogP contribution in [0.5, 0.6) is 11.5 Å². The Morgan fingerprint density at radius 1 is 1.29 bits per heavy atom. The highest BCUT2D eigenvalue weighted by Gasteiger charge is 2.10. The summed E-state index contributed by atoms with van der Waals surface area (Å²) >= 11 is 0. The predicted molar refractivity (Wildman–Crippen MR) is 89.5 cm³/mol. The summed E-state index contributed by atoms with van der Waals surface area (Å²) in [5, 5.41) is 2.80. The molecule has 7 heteroatoms. The van der Waals surface area contributed by atoms with E-state index in [2.05, 4.69) is 28.8 Å². The molecule has 1 rings (SSSR count). The Labute approximate surface area is 141 Å². The van der Waals surface area contributed by atoms with Crippen LogP contribution in [0.4, 0.5) is 8.78 Å². The van der Waals surface area contributed by atoms with Gasteiger partial charge in [-0.15, -0.1) is 0 Å². The second kappa shape index (κ2) is 10.6. The zero-order chi connectivity index (χ0) is 17.9. The summed E-state index contributed by atoms with van der Waals surface area (Å²) in [6, 6.07) is 4.47. The molecule has 0 saturated heterocycles. The second-order valence-electron chi connectivity index (χ2n) is 4.94. The molecule has 24 heavy (non-hydrogen) atoms. The number of ether oxygens (including phenoxy) is 2. The highest BCUT2D eigenvalue weighted by atomic mass is 19.3. The fraction of sp³-hybridized carbons (Fsp3) is 0.471. The van der Waals surface area contributed by atoms with E-state index in [4.69, 9.17) is 4.74 Å². The van der Waals surface area contributed by atoms with Crippen molar-refractivity contribution in [1.82, 2.24) is 10.2 Å². The third-order valence-corrected chi connectivity index (χ3v) is 3.45. The van der Waals surface area contributed by atoms with Crippen LogP contribution in [0.1, 0.15) is 19.4 Å². The molecule has 0 aliphatic heterocycles. The summed E-state index contributed by atoms with van der Waals surface area (Å²) in [6.45, 7) is 4.45. The number of hydrogen-bond donors (Lipinski definition) is 1. The van der Waals surface area contributed by atoms with Gasteiger partial charge < -0.3 is 19.7 Å². The first-order valence-electron chi connectivity index (χ1n) is 7.81. The lowest BCUT2D eigenvalue weighted by Crippen LogP contribution is -2.34. The monoisotopic (exact) mass is 342 g/mol. The molecule has 0 unspecified atom stereocenters. The molecular weight excluding hydrogens is 318 g/mol. The number of rotatable bonds is 10. The van der Waals surface area contributed by atoms with Gasteiger partial charge in [-0.25, -0.2) is 0 Å². The highest BCUT2D eigenvalue weighted by Crippen LogP contribution is 2.29. The van der Waals surface area contributed by atoms with Crippen molar-refractivity contribution in [2.24, 2.45) is 0 Å². The third-order valence-electron chi connectivity index (χ3n) is 3.45. The number of methoxy groups -OCH3 is 1. The SMILES string of the molecule is CCN(CC)CCNC(=O)/C=C\c1ccc(OC(F)F)c(OC)c1. The molecule has 5 nitrogen and oxygen atoms in total. The lowest BCUT2D eigenvalue weighted by Gasteiger charge is -2.17. The third kappa shape index (κ3) is 6.95. The van der Waals surface area contributed by atoms with Crippen LogP contribution in [0.3, 0.4) is 0 Å². The molecule has 0 aliphatic carbocycles. The van der Waals surface area contributed by atoms with E-state index < -0.39 is 6.61 Å². The van der Waals surface area contributed by atoms with Crippen molar-refractivity contribution in [3.8, 4) is 11.5 Å². The van der Waals surface area contributed by atoms with E-state index in [-0.39, 0.29) is 17.4 Å². The minimum absolute atomic E-state index is 0.0478. The molecule has 0 spiro atoms. The summed E-state index contributed by atoms with van der Waals surface area (Å²) in [5.41, 5.74) is 0.646. The fourth-order valence-electron chi connectivity index (χ4n) is 2.09. The van der Waals surface area contributed by atoms with E-state index in [1.807, 2.05) is 0 Å². The van der Waals surface area contributed by atoms with Crippen molar-refractivity contribution in [3.05, 3.63) is 29.8 Å². The van der Waals surface area contributed by atoms with Crippen LogP contribution < -0.4 is 14.8 Å². The lowest BCUT2D eigenvalue weighted by atomic mass is 10.2. The number of nitrogens with zero attached hydrogens (tertiary/aromatic N) is 1. The number of hydrogen-bond acceptors (Lipinski definition) is 4. The average molecular weight is 342 g/mol. The van der Waals surface area contributed by atoms with Crippen molar-refractivity contribution in [2.75, 3.05) is 33.3 Å². The highest BCUT2D eigenvalue weighted by molar-refractivity contribution is 5.91. The van der Waals surface area contributed by atoms with E-state index in [1.54, 1.807) is 12.1 Å². The number of halogens is 2. The van der Waals surface area contributed by atoms with Crippen LogP contribution in [0.25, 0.3) is 6.08 Å². The topological polar surface area (TPSA) is 50.8 Å². The number of carbonyl (C=O) groups is 1. The smallest absolute Gasteiger partial charge is 0.387 e. The Balaban J connectivity index is 2.58. The summed E-state index contributed by atoms with van der Waals surface area (Å²) < 4.78 is 33.9. The molecule has 1 N–H and O–H groups in total. The van der Waals surface area contributed by atoms with Crippen LogP contribution in [-0.2, 0) is 4.79 Å². The number of likely N-dealkylation sites (N-methyl/N-ethyl adjacent to an activating group) is 1. The Morgan fingerprint density at radius 2 is 2.00 bits per heavy atom. The summed E-state index contributed by atoms with van der Waals surface area (Å²) in [7, 11) is 1.36. The van der Waals surface area contributed by atoms with Crippen molar-refractivity contribution < 1.29 is 23.0 Å². The first-order valence-corrected chi connectivity index (χ1v) is 7.81. The van der Waals surface area contributed by atoms with Crippen molar-refractivity contribution in [2.45, 2.75) is 20.5 Å². The maximum atomic E-state index is 12.3. The Bertz CT molecular complexity index is 547. The zero-order valence-electron chi connectivity index (χ0n) is 14.2. The quantitative estimate of drug-likeness (QED) is 0.664. The fourth-order valence-corrected chi connectivity index (χ4v) is 2.09. The molecule has 134 valence electrons. The van der Waals surface area contributed by atoms with Gasteiger partial charge in [0.1, 0.15) is 0 Å². The molecule has 0 heterocycles. The molecular formula is C17H24F2N2O3. The van der Waals surface area contributed by atoms with Crippen molar-refractivity contribution >= 4 is 12.0 Å². The number of alkyl halides is 2.